The Balaban J connectivity index is 2.31. The second-order valence-electron chi connectivity index (χ2n) is 6.45. The van der Waals surface area contributed by atoms with Crippen LogP contribution < -0.4 is 0 Å². The second kappa shape index (κ2) is 9.39. The summed E-state index contributed by atoms with van der Waals surface area (Å²) in [5, 5.41) is 1.01. The van der Waals surface area contributed by atoms with Crippen LogP contribution in [0.15, 0.2) is 0 Å². The summed E-state index contributed by atoms with van der Waals surface area (Å²) >= 11 is 3.71. The van der Waals surface area contributed by atoms with E-state index in [1.165, 1.54) is 64.2 Å². The molecule has 0 spiro atoms. The standard InChI is InChI=1S/C17H33BrO/c1-4-6-7-8-9-15(3)19-17(14-18)12-10-16(5-2)11-13-17/h15-16H,4-14H2,1-3H3. The van der Waals surface area contributed by atoms with Crippen LogP contribution in [0.3, 0.4) is 0 Å². The summed E-state index contributed by atoms with van der Waals surface area (Å²) in [5.41, 5.74) is 0.135. The fraction of sp³-hybridized carbons (Fsp3) is 1.00. The van der Waals surface area contributed by atoms with Gasteiger partial charge in [-0.25, -0.2) is 0 Å². The Labute approximate surface area is 129 Å². The first-order valence-corrected chi connectivity index (χ1v) is 9.51. The van der Waals surface area contributed by atoms with E-state index >= 15 is 0 Å². The highest BCUT2D eigenvalue weighted by molar-refractivity contribution is 9.09. The monoisotopic (exact) mass is 332 g/mol. The predicted molar refractivity (Wildman–Crippen MR) is 88.1 cm³/mol. The van der Waals surface area contributed by atoms with Gasteiger partial charge in [0, 0.05) is 5.33 Å². The Bertz CT molecular complexity index is 221. The maximum atomic E-state index is 6.45. The van der Waals surface area contributed by atoms with Crippen molar-refractivity contribution in [2.45, 2.75) is 96.7 Å². The number of alkyl halides is 1. The molecular formula is C17H33BrO. The van der Waals surface area contributed by atoms with Crippen molar-refractivity contribution in [3.05, 3.63) is 0 Å². The maximum absolute atomic E-state index is 6.45. The second-order valence-corrected chi connectivity index (χ2v) is 7.01. The molecule has 0 bridgehead atoms. The molecular weight excluding hydrogens is 300 g/mol. The van der Waals surface area contributed by atoms with E-state index in [9.17, 15) is 0 Å². The number of ether oxygens (including phenoxy) is 1. The number of hydrogen-bond donors (Lipinski definition) is 0. The number of hydrogen-bond acceptors (Lipinski definition) is 1. The van der Waals surface area contributed by atoms with Crippen LogP contribution in [0.4, 0.5) is 0 Å². The molecule has 0 amide bonds. The lowest BCUT2D eigenvalue weighted by Gasteiger charge is -2.40. The molecule has 1 aliphatic rings. The van der Waals surface area contributed by atoms with E-state index in [4.69, 9.17) is 4.74 Å². The van der Waals surface area contributed by atoms with Crippen molar-refractivity contribution >= 4 is 15.9 Å². The van der Waals surface area contributed by atoms with Crippen molar-refractivity contribution in [3.8, 4) is 0 Å². The van der Waals surface area contributed by atoms with Gasteiger partial charge in [-0.15, -0.1) is 0 Å². The highest BCUT2D eigenvalue weighted by Crippen LogP contribution is 2.38. The Morgan fingerprint density at radius 2 is 1.84 bits per heavy atom. The van der Waals surface area contributed by atoms with Gasteiger partial charge in [-0.05, 0) is 44.9 Å². The molecule has 1 aliphatic carbocycles. The summed E-state index contributed by atoms with van der Waals surface area (Å²) in [6.07, 6.45) is 13.6. The van der Waals surface area contributed by atoms with Gasteiger partial charge in [-0.3, -0.25) is 0 Å². The third kappa shape index (κ3) is 6.16. The van der Waals surface area contributed by atoms with Crippen molar-refractivity contribution in [2.75, 3.05) is 5.33 Å². The summed E-state index contributed by atoms with van der Waals surface area (Å²) in [6.45, 7) is 6.86. The zero-order valence-electron chi connectivity index (χ0n) is 13.2. The van der Waals surface area contributed by atoms with E-state index in [2.05, 4.69) is 36.7 Å². The largest absolute Gasteiger partial charge is 0.371 e. The zero-order chi connectivity index (χ0) is 14.1. The molecule has 0 N–H and O–H groups in total. The van der Waals surface area contributed by atoms with E-state index in [-0.39, 0.29) is 5.60 Å². The third-order valence-corrected chi connectivity index (χ3v) is 5.77. The van der Waals surface area contributed by atoms with Crippen molar-refractivity contribution in [1.29, 1.82) is 0 Å². The van der Waals surface area contributed by atoms with Crippen LogP contribution in [0, 0.1) is 5.92 Å². The van der Waals surface area contributed by atoms with Gasteiger partial charge in [-0.1, -0.05) is 61.9 Å². The molecule has 1 fully saturated rings. The Morgan fingerprint density at radius 1 is 1.16 bits per heavy atom. The molecule has 1 saturated carbocycles. The van der Waals surface area contributed by atoms with Gasteiger partial charge >= 0.3 is 0 Å². The van der Waals surface area contributed by atoms with Crippen LogP contribution in [0.1, 0.15) is 85.0 Å². The SMILES string of the molecule is CCCCCCC(C)OC1(CBr)CCC(CC)CC1. The van der Waals surface area contributed by atoms with Gasteiger partial charge in [0.05, 0.1) is 11.7 Å². The predicted octanol–water partition coefficient (Wildman–Crippen LogP) is 6.10. The minimum Gasteiger partial charge on any atom is -0.371 e. The summed E-state index contributed by atoms with van der Waals surface area (Å²) < 4.78 is 6.45. The molecule has 1 atom stereocenters. The summed E-state index contributed by atoms with van der Waals surface area (Å²) in [5.74, 6) is 0.940. The minimum atomic E-state index is 0.135. The van der Waals surface area contributed by atoms with Crippen molar-refractivity contribution < 1.29 is 4.74 Å². The van der Waals surface area contributed by atoms with Gasteiger partial charge < -0.3 is 4.74 Å². The fourth-order valence-electron chi connectivity index (χ4n) is 3.24. The van der Waals surface area contributed by atoms with E-state index in [1.54, 1.807) is 0 Å². The first kappa shape index (κ1) is 17.5. The lowest BCUT2D eigenvalue weighted by Crippen LogP contribution is -2.41. The average molecular weight is 333 g/mol. The summed E-state index contributed by atoms with van der Waals surface area (Å²) in [4.78, 5) is 0. The first-order valence-electron chi connectivity index (χ1n) is 8.39. The molecule has 114 valence electrons. The van der Waals surface area contributed by atoms with Crippen molar-refractivity contribution in [1.82, 2.24) is 0 Å². The normalized spacial score (nSPS) is 29.4. The molecule has 1 nitrogen and oxygen atoms in total. The Morgan fingerprint density at radius 3 is 2.37 bits per heavy atom. The van der Waals surface area contributed by atoms with Gasteiger partial charge in [0.25, 0.3) is 0 Å². The summed E-state index contributed by atoms with van der Waals surface area (Å²) in [6, 6.07) is 0. The van der Waals surface area contributed by atoms with Crippen LogP contribution in [0.2, 0.25) is 0 Å². The highest BCUT2D eigenvalue weighted by Gasteiger charge is 2.36. The molecule has 0 aromatic heterocycles. The molecule has 1 rings (SSSR count). The topological polar surface area (TPSA) is 9.23 Å². The van der Waals surface area contributed by atoms with E-state index in [0.29, 0.717) is 6.10 Å². The lowest BCUT2D eigenvalue weighted by atomic mass is 9.78. The molecule has 1 unspecified atom stereocenters. The molecule has 0 aromatic rings. The van der Waals surface area contributed by atoms with Crippen LogP contribution in [-0.2, 0) is 4.74 Å². The quantitative estimate of drug-likeness (QED) is 0.366. The molecule has 0 aromatic carbocycles. The number of rotatable bonds is 9. The smallest absolute Gasteiger partial charge is 0.0782 e. The molecule has 0 saturated heterocycles. The van der Waals surface area contributed by atoms with Gasteiger partial charge in [-0.2, -0.15) is 0 Å². The van der Waals surface area contributed by atoms with E-state index in [0.717, 1.165) is 11.2 Å². The summed E-state index contributed by atoms with van der Waals surface area (Å²) in [7, 11) is 0. The maximum Gasteiger partial charge on any atom is 0.0782 e. The first-order chi connectivity index (χ1) is 9.15. The highest BCUT2D eigenvalue weighted by atomic mass is 79.9. The van der Waals surface area contributed by atoms with Gasteiger partial charge in [0.2, 0.25) is 0 Å². The number of halogens is 1. The number of unbranched alkanes of at least 4 members (excludes halogenated alkanes) is 3. The van der Waals surface area contributed by atoms with Crippen LogP contribution in [-0.4, -0.2) is 17.0 Å². The molecule has 0 aliphatic heterocycles. The molecule has 19 heavy (non-hydrogen) atoms. The third-order valence-electron chi connectivity index (χ3n) is 4.75. The van der Waals surface area contributed by atoms with Crippen molar-refractivity contribution in [3.63, 3.8) is 0 Å². The minimum absolute atomic E-state index is 0.135. The molecule has 0 radical (unpaired) electrons. The van der Waals surface area contributed by atoms with Crippen molar-refractivity contribution in [2.24, 2.45) is 5.92 Å². The molecule has 0 heterocycles. The fourth-order valence-corrected chi connectivity index (χ4v) is 3.93. The van der Waals surface area contributed by atoms with Gasteiger partial charge in [0.15, 0.2) is 0 Å². The van der Waals surface area contributed by atoms with Crippen LogP contribution in [0.5, 0.6) is 0 Å². The van der Waals surface area contributed by atoms with E-state index < -0.39 is 0 Å². The van der Waals surface area contributed by atoms with E-state index in [1.807, 2.05) is 0 Å². The van der Waals surface area contributed by atoms with Gasteiger partial charge in [0.1, 0.15) is 0 Å². The average Bonchev–Trinajstić information content (AvgIpc) is 2.44. The lowest BCUT2D eigenvalue weighted by molar-refractivity contribution is -0.100. The zero-order valence-corrected chi connectivity index (χ0v) is 14.8. The molecule has 2 heteroatoms. The Kier molecular flexibility index (Phi) is 8.64. The Hall–Kier alpha value is 0.440. The van der Waals surface area contributed by atoms with Crippen LogP contribution >= 0.6 is 15.9 Å². The van der Waals surface area contributed by atoms with Crippen LogP contribution in [0.25, 0.3) is 0 Å².